The van der Waals surface area contributed by atoms with Gasteiger partial charge in [0.25, 0.3) is 0 Å². The van der Waals surface area contributed by atoms with Crippen molar-refractivity contribution < 1.29 is 14.6 Å². The van der Waals surface area contributed by atoms with Gasteiger partial charge in [-0.25, -0.2) is 4.79 Å². The van der Waals surface area contributed by atoms with Crippen LogP contribution < -0.4 is 15.4 Å². The number of rotatable bonds is 4. The molecule has 2 amide bonds. The van der Waals surface area contributed by atoms with Gasteiger partial charge >= 0.3 is 6.03 Å². The lowest BCUT2D eigenvalue weighted by Crippen LogP contribution is -2.41. The van der Waals surface area contributed by atoms with Gasteiger partial charge in [-0.2, -0.15) is 0 Å². The van der Waals surface area contributed by atoms with E-state index >= 15 is 0 Å². The molecule has 0 saturated carbocycles. The van der Waals surface area contributed by atoms with E-state index in [9.17, 15) is 9.90 Å². The van der Waals surface area contributed by atoms with E-state index in [1.165, 1.54) is 0 Å². The summed E-state index contributed by atoms with van der Waals surface area (Å²) in [5, 5.41) is 15.4. The van der Waals surface area contributed by atoms with Gasteiger partial charge < -0.3 is 20.5 Å². The zero-order valence-corrected chi connectivity index (χ0v) is 11.3. The molecule has 0 radical (unpaired) electrons. The van der Waals surface area contributed by atoms with Crippen molar-refractivity contribution in [3.63, 3.8) is 0 Å². The third-order valence-electron chi connectivity index (χ3n) is 2.97. The first-order valence-electron chi connectivity index (χ1n) is 6.54. The molecule has 104 valence electrons. The number of nitrogens with one attached hydrogen (secondary N) is 2. The Morgan fingerprint density at radius 1 is 1.47 bits per heavy atom. The van der Waals surface area contributed by atoms with Crippen LogP contribution in [0.25, 0.3) is 0 Å². The van der Waals surface area contributed by atoms with Crippen molar-refractivity contribution in [1.29, 1.82) is 0 Å². The molecule has 3 N–H and O–H groups in total. The highest BCUT2D eigenvalue weighted by molar-refractivity contribution is 5.74. The van der Waals surface area contributed by atoms with Crippen molar-refractivity contribution in [2.75, 3.05) is 13.2 Å². The predicted octanol–water partition coefficient (Wildman–Crippen LogP) is 1.36. The fourth-order valence-corrected chi connectivity index (χ4v) is 2.03. The highest BCUT2D eigenvalue weighted by Crippen LogP contribution is 2.27. The summed E-state index contributed by atoms with van der Waals surface area (Å²) >= 11 is 0. The lowest BCUT2D eigenvalue weighted by molar-refractivity contribution is 0.172. The van der Waals surface area contributed by atoms with Gasteiger partial charge in [0.1, 0.15) is 5.75 Å². The van der Waals surface area contributed by atoms with E-state index in [4.69, 9.17) is 4.74 Å². The third kappa shape index (κ3) is 3.61. The number of aliphatic hydroxyl groups is 1. The van der Waals surface area contributed by atoms with Gasteiger partial charge in [0, 0.05) is 19.0 Å². The number of hydrogen-bond acceptors (Lipinski definition) is 3. The summed E-state index contributed by atoms with van der Waals surface area (Å²) < 4.78 is 5.41. The van der Waals surface area contributed by atoms with Crippen molar-refractivity contribution in [2.45, 2.75) is 32.4 Å². The molecule has 5 heteroatoms. The van der Waals surface area contributed by atoms with Crippen LogP contribution in [0.5, 0.6) is 5.75 Å². The molecule has 0 fully saturated rings. The van der Waals surface area contributed by atoms with E-state index in [0.29, 0.717) is 6.61 Å². The summed E-state index contributed by atoms with van der Waals surface area (Å²) in [6, 6.07) is 5.45. The average Bonchev–Trinajstić information content (AvgIpc) is 2.82. The van der Waals surface area contributed by atoms with Gasteiger partial charge in [-0.15, -0.1) is 0 Å². The Morgan fingerprint density at radius 3 is 3.00 bits per heavy atom. The molecule has 5 nitrogen and oxygen atoms in total. The number of fused-ring (bicyclic) bond motifs is 1. The number of carbonyl (C=O) groups excluding carboxylic acids is 1. The average molecular weight is 264 g/mol. The van der Waals surface area contributed by atoms with Gasteiger partial charge in [-0.05, 0) is 37.1 Å². The van der Waals surface area contributed by atoms with E-state index in [2.05, 4.69) is 10.6 Å². The molecule has 0 unspecified atom stereocenters. The molecule has 0 aromatic heterocycles. The number of carbonyl (C=O) groups is 1. The number of hydrogen-bond donors (Lipinski definition) is 3. The van der Waals surface area contributed by atoms with Gasteiger partial charge in [-0.1, -0.05) is 6.07 Å². The van der Waals surface area contributed by atoms with Crippen molar-refractivity contribution in [1.82, 2.24) is 10.6 Å². The molecule has 1 aliphatic rings. The van der Waals surface area contributed by atoms with Crippen LogP contribution in [0.15, 0.2) is 18.2 Å². The fraction of sp³-hybridized carbons (Fsp3) is 0.500. The highest BCUT2D eigenvalue weighted by Gasteiger charge is 2.16. The lowest BCUT2D eigenvalue weighted by atomic mass is 10.0. The first-order chi connectivity index (χ1) is 9.06. The molecule has 0 aliphatic carbocycles. The van der Waals surface area contributed by atoms with Gasteiger partial charge in [0.05, 0.1) is 12.7 Å². The van der Waals surface area contributed by atoms with Crippen molar-refractivity contribution in [2.24, 2.45) is 0 Å². The van der Waals surface area contributed by atoms with Gasteiger partial charge in [0.2, 0.25) is 0 Å². The minimum Gasteiger partial charge on any atom is -0.493 e. The Labute approximate surface area is 113 Å². The number of aliphatic hydroxyl groups excluding tert-OH is 1. The molecule has 1 heterocycles. The molecular formula is C14H20N2O3. The molecule has 1 aromatic rings. The summed E-state index contributed by atoms with van der Waals surface area (Å²) in [7, 11) is 0. The second kappa shape index (κ2) is 5.93. The van der Waals surface area contributed by atoms with E-state index in [1.807, 2.05) is 32.0 Å². The van der Waals surface area contributed by atoms with E-state index < -0.39 is 6.10 Å². The van der Waals surface area contributed by atoms with Gasteiger partial charge in [-0.3, -0.25) is 0 Å². The summed E-state index contributed by atoms with van der Waals surface area (Å²) in [5.74, 6) is 0.890. The highest BCUT2D eigenvalue weighted by atomic mass is 16.5. The number of amides is 2. The standard InChI is InChI=1S/C14H20N2O3/c1-9(2)16-14(18)15-8-12(17)10-3-4-13-11(7-10)5-6-19-13/h3-4,7,9,12,17H,5-6,8H2,1-2H3,(H2,15,16,18)/t12-/m1/s1. The molecule has 1 aromatic carbocycles. The number of urea groups is 1. The van der Waals surface area contributed by atoms with Crippen LogP contribution in [0.1, 0.15) is 31.1 Å². The smallest absolute Gasteiger partial charge is 0.315 e. The van der Waals surface area contributed by atoms with E-state index in [1.54, 1.807) is 0 Å². The normalized spacial score (nSPS) is 14.7. The van der Waals surface area contributed by atoms with E-state index in [0.717, 1.165) is 23.3 Å². The second-order valence-electron chi connectivity index (χ2n) is 4.99. The van der Waals surface area contributed by atoms with Crippen LogP contribution in [0.3, 0.4) is 0 Å². The maximum atomic E-state index is 11.4. The molecule has 0 saturated heterocycles. The Balaban J connectivity index is 1.89. The third-order valence-corrected chi connectivity index (χ3v) is 2.97. The first kappa shape index (κ1) is 13.7. The van der Waals surface area contributed by atoms with Crippen LogP contribution in [0.4, 0.5) is 4.79 Å². The number of benzene rings is 1. The van der Waals surface area contributed by atoms with Crippen LogP contribution in [-0.4, -0.2) is 30.3 Å². The van der Waals surface area contributed by atoms with E-state index in [-0.39, 0.29) is 18.6 Å². The van der Waals surface area contributed by atoms with Crippen LogP contribution in [0, 0.1) is 0 Å². The van der Waals surface area contributed by atoms with Crippen molar-refractivity contribution in [3.05, 3.63) is 29.3 Å². The first-order valence-corrected chi connectivity index (χ1v) is 6.54. The predicted molar refractivity (Wildman–Crippen MR) is 72.3 cm³/mol. The second-order valence-corrected chi connectivity index (χ2v) is 4.99. The Bertz CT molecular complexity index is 460. The summed E-state index contributed by atoms with van der Waals surface area (Å²) in [4.78, 5) is 11.4. The summed E-state index contributed by atoms with van der Waals surface area (Å²) in [6.07, 6.45) is 0.167. The van der Waals surface area contributed by atoms with Crippen LogP contribution in [-0.2, 0) is 6.42 Å². The fourth-order valence-electron chi connectivity index (χ4n) is 2.03. The van der Waals surface area contributed by atoms with Crippen LogP contribution in [0.2, 0.25) is 0 Å². The maximum absolute atomic E-state index is 11.4. The molecule has 0 spiro atoms. The summed E-state index contributed by atoms with van der Waals surface area (Å²) in [6.45, 7) is 4.66. The maximum Gasteiger partial charge on any atom is 0.315 e. The zero-order valence-electron chi connectivity index (χ0n) is 11.3. The minimum absolute atomic E-state index is 0.0780. The molecule has 19 heavy (non-hydrogen) atoms. The Hall–Kier alpha value is -1.75. The molecule has 2 rings (SSSR count). The van der Waals surface area contributed by atoms with Crippen molar-refractivity contribution >= 4 is 6.03 Å². The number of ether oxygens (including phenoxy) is 1. The van der Waals surface area contributed by atoms with Crippen molar-refractivity contribution in [3.8, 4) is 5.75 Å². The zero-order chi connectivity index (χ0) is 13.8. The van der Waals surface area contributed by atoms with Crippen LogP contribution >= 0.6 is 0 Å². The molecule has 1 aliphatic heterocycles. The Kier molecular flexibility index (Phi) is 4.27. The molecule has 1 atom stereocenters. The molecule has 0 bridgehead atoms. The lowest BCUT2D eigenvalue weighted by Gasteiger charge is -2.15. The quantitative estimate of drug-likeness (QED) is 0.769. The molecular weight excluding hydrogens is 244 g/mol. The minimum atomic E-state index is -0.705. The topological polar surface area (TPSA) is 70.6 Å². The monoisotopic (exact) mass is 264 g/mol. The largest absolute Gasteiger partial charge is 0.493 e. The van der Waals surface area contributed by atoms with Gasteiger partial charge in [0.15, 0.2) is 0 Å². The summed E-state index contributed by atoms with van der Waals surface area (Å²) in [5.41, 5.74) is 1.91. The Morgan fingerprint density at radius 2 is 2.26 bits per heavy atom. The SMILES string of the molecule is CC(C)NC(=O)NC[C@@H](O)c1ccc2c(c1)CCO2.